The van der Waals surface area contributed by atoms with Gasteiger partial charge in [-0.05, 0) is 37.1 Å². The molecule has 0 unspecified atom stereocenters. The van der Waals surface area contributed by atoms with E-state index in [0.29, 0.717) is 12.0 Å². The zero-order valence-corrected chi connectivity index (χ0v) is 14.2. The second-order valence-corrected chi connectivity index (χ2v) is 5.89. The Balaban J connectivity index is 2.21. The molecule has 0 heterocycles. The maximum atomic E-state index is 12.2. The number of rotatable bonds is 8. The molecule has 0 radical (unpaired) electrons. The average Bonchev–Trinajstić information content (AvgIpc) is 2.50. The van der Waals surface area contributed by atoms with E-state index in [1.165, 1.54) is 7.11 Å². The number of hydrogen-bond acceptors (Lipinski definition) is 3. The van der Waals surface area contributed by atoms with Crippen LogP contribution >= 0.6 is 15.9 Å². The maximum Gasteiger partial charge on any atom is 0.305 e. The number of esters is 1. The van der Waals surface area contributed by atoms with Gasteiger partial charge >= 0.3 is 5.97 Å². The van der Waals surface area contributed by atoms with Crippen molar-refractivity contribution < 1.29 is 14.3 Å². The van der Waals surface area contributed by atoms with Gasteiger partial charge in [-0.3, -0.25) is 9.59 Å². The number of benzene rings is 1. The molecule has 0 spiro atoms. The second-order valence-electron chi connectivity index (χ2n) is 4.97. The Morgan fingerprint density at radius 2 is 1.71 bits per heavy atom. The molecule has 0 atom stereocenters. The van der Waals surface area contributed by atoms with Gasteiger partial charge in [-0.15, -0.1) is 0 Å². The number of carbonyl (C=O) groups is 2. The lowest BCUT2D eigenvalue weighted by Crippen LogP contribution is -2.27. The summed E-state index contributed by atoms with van der Waals surface area (Å²) in [5, 5.41) is 0. The van der Waals surface area contributed by atoms with E-state index in [1.807, 2.05) is 31.3 Å². The minimum atomic E-state index is -0.155. The van der Waals surface area contributed by atoms with E-state index in [0.717, 1.165) is 36.7 Å². The standard InChI is InChI=1S/C16H22BrNO3/c1-18(12-6-4-3-5-7-15(19)21-2)16(20)13-8-10-14(17)11-9-13/h8-11H,3-7,12H2,1-2H3. The smallest absolute Gasteiger partial charge is 0.305 e. The van der Waals surface area contributed by atoms with Crippen LogP contribution in [0.3, 0.4) is 0 Å². The Kier molecular flexibility index (Phi) is 8.05. The molecule has 0 N–H and O–H groups in total. The molecular formula is C16H22BrNO3. The molecule has 0 aliphatic carbocycles. The summed E-state index contributed by atoms with van der Waals surface area (Å²) in [6, 6.07) is 7.38. The fourth-order valence-corrected chi connectivity index (χ4v) is 2.25. The van der Waals surface area contributed by atoms with Crippen LogP contribution in [0.5, 0.6) is 0 Å². The molecule has 1 rings (SSSR count). The maximum absolute atomic E-state index is 12.2. The Labute approximate surface area is 134 Å². The van der Waals surface area contributed by atoms with E-state index in [-0.39, 0.29) is 11.9 Å². The topological polar surface area (TPSA) is 46.6 Å². The Morgan fingerprint density at radius 3 is 2.33 bits per heavy atom. The van der Waals surface area contributed by atoms with Gasteiger partial charge in [0, 0.05) is 30.0 Å². The zero-order valence-electron chi connectivity index (χ0n) is 12.6. The van der Waals surface area contributed by atoms with E-state index in [2.05, 4.69) is 20.7 Å². The highest BCUT2D eigenvalue weighted by molar-refractivity contribution is 9.10. The van der Waals surface area contributed by atoms with Crippen molar-refractivity contribution in [2.24, 2.45) is 0 Å². The second kappa shape index (κ2) is 9.55. The third-order valence-corrected chi connectivity index (χ3v) is 3.82. The van der Waals surface area contributed by atoms with Gasteiger partial charge < -0.3 is 9.64 Å². The summed E-state index contributed by atoms with van der Waals surface area (Å²) in [4.78, 5) is 24.8. The lowest BCUT2D eigenvalue weighted by molar-refractivity contribution is -0.140. The first-order valence-electron chi connectivity index (χ1n) is 7.12. The summed E-state index contributed by atoms with van der Waals surface area (Å²) in [5.74, 6) is -0.116. The van der Waals surface area contributed by atoms with Gasteiger partial charge in [0.25, 0.3) is 5.91 Å². The number of amides is 1. The summed E-state index contributed by atoms with van der Waals surface area (Å²) >= 11 is 3.36. The highest BCUT2D eigenvalue weighted by atomic mass is 79.9. The predicted octanol–water partition coefficient (Wildman–Crippen LogP) is 3.64. The van der Waals surface area contributed by atoms with Crippen molar-refractivity contribution in [2.45, 2.75) is 32.1 Å². The van der Waals surface area contributed by atoms with Gasteiger partial charge in [0.15, 0.2) is 0 Å². The lowest BCUT2D eigenvalue weighted by atomic mass is 10.1. The van der Waals surface area contributed by atoms with Crippen LogP contribution in [0.15, 0.2) is 28.7 Å². The van der Waals surface area contributed by atoms with Crippen molar-refractivity contribution in [3.8, 4) is 0 Å². The van der Waals surface area contributed by atoms with Crippen LogP contribution in [0.2, 0.25) is 0 Å². The van der Waals surface area contributed by atoms with E-state index in [9.17, 15) is 9.59 Å². The van der Waals surface area contributed by atoms with Gasteiger partial charge in [-0.2, -0.15) is 0 Å². The van der Waals surface area contributed by atoms with Gasteiger partial charge in [0.1, 0.15) is 0 Å². The number of unbranched alkanes of at least 4 members (excludes halogenated alkanes) is 3. The van der Waals surface area contributed by atoms with Gasteiger partial charge in [0.2, 0.25) is 0 Å². The van der Waals surface area contributed by atoms with Crippen molar-refractivity contribution in [3.05, 3.63) is 34.3 Å². The lowest BCUT2D eigenvalue weighted by Gasteiger charge is -2.17. The molecule has 1 aromatic rings. The molecule has 0 saturated heterocycles. The van der Waals surface area contributed by atoms with Crippen molar-refractivity contribution >= 4 is 27.8 Å². The van der Waals surface area contributed by atoms with Gasteiger partial charge in [-0.1, -0.05) is 28.8 Å². The highest BCUT2D eigenvalue weighted by Gasteiger charge is 2.10. The minimum Gasteiger partial charge on any atom is -0.469 e. The normalized spacial score (nSPS) is 10.2. The summed E-state index contributed by atoms with van der Waals surface area (Å²) in [6.07, 6.45) is 4.26. The number of ether oxygens (including phenoxy) is 1. The fraction of sp³-hybridized carbons (Fsp3) is 0.500. The third-order valence-electron chi connectivity index (χ3n) is 3.29. The van der Waals surface area contributed by atoms with Gasteiger partial charge in [0.05, 0.1) is 7.11 Å². The van der Waals surface area contributed by atoms with Crippen LogP contribution in [-0.2, 0) is 9.53 Å². The summed E-state index contributed by atoms with van der Waals surface area (Å²) in [5.41, 5.74) is 0.700. The zero-order chi connectivity index (χ0) is 15.7. The largest absolute Gasteiger partial charge is 0.469 e. The summed E-state index contributed by atoms with van der Waals surface area (Å²) < 4.78 is 5.55. The number of nitrogens with zero attached hydrogens (tertiary/aromatic N) is 1. The molecule has 0 saturated carbocycles. The number of hydrogen-bond donors (Lipinski definition) is 0. The van der Waals surface area contributed by atoms with E-state index < -0.39 is 0 Å². The average molecular weight is 356 g/mol. The van der Waals surface area contributed by atoms with Crippen molar-refractivity contribution in [1.82, 2.24) is 4.90 Å². The Hall–Kier alpha value is -1.36. The SMILES string of the molecule is COC(=O)CCCCCCN(C)C(=O)c1ccc(Br)cc1. The van der Waals surface area contributed by atoms with E-state index in [4.69, 9.17) is 0 Å². The quantitative estimate of drug-likeness (QED) is 0.528. The molecule has 0 aliphatic rings. The molecule has 0 bridgehead atoms. The summed E-state index contributed by atoms with van der Waals surface area (Å²) in [6.45, 7) is 0.729. The van der Waals surface area contributed by atoms with Crippen LogP contribution < -0.4 is 0 Å². The van der Waals surface area contributed by atoms with E-state index >= 15 is 0 Å². The van der Waals surface area contributed by atoms with Crippen LogP contribution in [0, 0.1) is 0 Å². The van der Waals surface area contributed by atoms with Crippen LogP contribution in [0.25, 0.3) is 0 Å². The molecule has 116 valence electrons. The Morgan fingerprint density at radius 1 is 1.10 bits per heavy atom. The van der Waals surface area contributed by atoms with Crippen molar-refractivity contribution in [3.63, 3.8) is 0 Å². The van der Waals surface area contributed by atoms with Crippen LogP contribution in [-0.4, -0.2) is 37.5 Å². The fourth-order valence-electron chi connectivity index (χ4n) is 1.99. The predicted molar refractivity (Wildman–Crippen MR) is 86.2 cm³/mol. The van der Waals surface area contributed by atoms with Crippen LogP contribution in [0.4, 0.5) is 0 Å². The highest BCUT2D eigenvalue weighted by Crippen LogP contribution is 2.12. The number of halogens is 1. The van der Waals surface area contributed by atoms with Crippen LogP contribution in [0.1, 0.15) is 42.5 Å². The molecule has 5 heteroatoms. The van der Waals surface area contributed by atoms with Crippen molar-refractivity contribution in [2.75, 3.05) is 20.7 Å². The number of methoxy groups -OCH3 is 1. The molecule has 21 heavy (non-hydrogen) atoms. The van der Waals surface area contributed by atoms with Gasteiger partial charge in [-0.25, -0.2) is 0 Å². The Bertz CT molecular complexity index is 459. The molecular weight excluding hydrogens is 334 g/mol. The summed E-state index contributed by atoms with van der Waals surface area (Å²) in [7, 11) is 3.23. The van der Waals surface area contributed by atoms with Crippen molar-refractivity contribution in [1.29, 1.82) is 0 Å². The molecule has 0 fully saturated rings. The monoisotopic (exact) mass is 355 g/mol. The molecule has 1 aromatic carbocycles. The number of carbonyl (C=O) groups excluding carboxylic acids is 2. The minimum absolute atomic E-state index is 0.0389. The third kappa shape index (κ3) is 6.76. The first kappa shape index (κ1) is 17.7. The van der Waals surface area contributed by atoms with E-state index in [1.54, 1.807) is 4.90 Å². The molecule has 1 amide bonds. The molecule has 0 aromatic heterocycles. The first-order chi connectivity index (χ1) is 10.0. The molecule has 0 aliphatic heterocycles. The molecule has 4 nitrogen and oxygen atoms in total. The first-order valence-corrected chi connectivity index (χ1v) is 7.91.